The van der Waals surface area contributed by atoms with E-state index in [0.29, 0.717) is 5.35 Å². The lowest BCUT2D eigenvalue weighted by Gasteiger charge is -2.05. The standard InChI is InChI=1S/C10H9NO2S/c1-13-10(12)8-9(14-6-11-8)7-4-2-3-5-7/h2-6,12H,1H3/p-1. The van der Waals surface area contributed by atoms with Gasteiger partial charge in [0.2, 0.25) is 0 Å². The number of nitrogens with zero attached hydrogens (tertiary/aromatic N) is 1. The summed E-state index contributed by atoms with van der Waals surface area (Å²) in [5.41, 5.74) is 2.65. The van der Waals surface area contributed by atoms with Crippen LogP contribution in [0.3, 0.4) is 0 Å². The monoisotopic (exact) mass is 206 g/mol. The van der Waals surface area contributed by atoms with Gasteiger partial charge >= 0.3 is 0 Å². The minimum absolute atomic E-state index is 0.387. The molecule has 0 amide bonds. The van der Waals surface area contributed by atoms with Crippen LogP contribution in [0.1, 0.15) is 0 Å². The van der Waals surface area contributed by atoms with Crippen molar-refractivity contribution in [2.45, 2.75) is 0 Å². The molecule has 1 aromatic heterocycles. The van der Waals surface area contributed by atoms with Gasteiger partial charge in [-0.1, -0.05) is 24.3 Å². The Morgan fingerprint density at radius 3 is 2.79 bits per heavy atom. The highest BCUT2D eigenvalue weighted by atomic mass is 32.1. The highest BCUT2D eigenvalue weighted by Gasteiger charge is 1.98. The van der Waals surface area contributed by atoms with Crippen molar-refractivity contribution in [3.63, 3.8) is 0 Å². The Kier molecular flexibility index (Phi) is 2.37. The highest BCUT2D eigenvalue weighted by Crippen LogP contribution is 2.05. The summed E-state index contributed by atoms with van der Waals surface area (Å²) in [6, 6.07) is 0. The molecule has 1 aliphatic rings. The van der Waals surface area contributed by atoms with Gasteiger partial charge in [-0.25, -0.2) is 4.98 Å². The summed E-state index contributed by atoms with van der Waals surface area (Å²) in [5.74, 6) is -0.387. The van der Waals surface area contributed by atoms with E-state index in [1.54, 1.807) is 5.51 Å². The SMILES string of the molecule is COC([O-])=c1ncsc1=C1C=CC=C1. The maximum atomic E-state index is 11.3. The van der Waals surface area contributed by atoms with Crippen molar-refractivity contribution >= 4 is 22.9 Å². The van der Waals surface area contributed by atoms with Crippen molar-refractivity contribution in [3.8, 4) is 0 Å². The first kappa shape index (κ1) is 9.02. The van der Waals surface area contributed by atoms with Crippen LogP contribution in [-0.4, -0.2) is 12.1 Å². The van der Waals surface area contributed by atoms with Gasteiger partial charge < -0.3 is 9.84 Å². The van der Waals surface area contributed by atoms with Crippen LogP contribution in [0.5, 0.6) is 0 Å². The molecular formula is C10H8NO2S-. The molecule has 0 aromatic carbocycles. The molecule has 1 aliphatic carbocycles. The molecule has 0 radical (unpaired) electrons. The first-order valence-corrected chi connectivity index (χ1v) is 4.95. The number of allylic oxidation sites excluding steroid dienone is 4. The molecule has 2 rings (SSSR count). The van der Waals surface area contributed by atoms with Gasteiger partial charge in [0.05, 0.1) is 16.0 Å². The van der Waals surface area contributed by atoms with Crippen LogP contribution in [0.25, 0.3) is 11.5 Å². The van der Waals surface area contributed by atoms with E-state index in [2.05, 4.69) is 9.72 Å². The first-order valence-electron chi connectivity index (χ1n) is 4.07. The second-order valence-corrected chi connectivity index (χ2v) is 3.55. The average molecular weight is 206 g/mol. The Morgan fingerprint density at radius 1 is 1.43 bits per heavy atom. The van der Waals surface area contributed by atoms with Crippen LogP contribution in [0.2, 0.25) is 0 Å². The number of ether oxygens (including phenoxy) is 1. The number of rotatable bonds is 1. The molecule has 0 unspecified atom stereocenters. The molecule has 0 N–H and O–H groups in total. The summed E-state index contributed by atoms with van der Waals surface area (Å²) in [6.07, 6.45) is 7.74. The molecule has 0 saturated carbocycles. The lowest BCUT2D eigenvalue weighted by atomic mass is 10.3. The molecule has 72 valence electrons. The molecule has 0 fully saturated rings. The van der Waals surface area contributed by atoms with Crippen molar-refractivity contribution in [1.29, 1.82) is 0 Å². The van der Waals surface area contributed by atoms with Gasteiger partial charge in [0.1, 0.15) is 5.35 Å². The zero-order valence-electron chi connectivity index (χ0n) is 7.56. The van der Waals surface area contributed by atoms with Crippen molar-refractivity contribution in [3.05, 3.63) is 39.7 Å². The molecule has 0 saturated heterocycles. The fraction of sp³-hybridized carbons (Fsp3) is 0.100. The van der Waals surface area contributed by atoms with Gasteiger partial charge in [-0.15, -0.1) is 11.3 Å². The second kappa shape index (κ2) is 3.67. The molecule has 1 aromatic rings. The summed E-state index contributed by atoms with van der Waals surface area (Å²) >= 11 is 1.44. The molecule has 4 heteroatoms. The molecule has 0 aliphatic heterocycles. The predicted octanol–water partition coefficient (Wildman–Crippen LogP) is -0.508. The van der Waals surface area contributed by atoms with E-state index in [1.165, 1.54) is 18.4 Å². The van der Waals surface area contributed by atoms with Crippen molar-refractivity contribution < 1.29 is 9.84 Å². The zero-order valence-corrected chi connectivity index (χ0v) is 8.38. The van der Waals surface area contributed by atoms with Crippen molar-refractivity contribution in [2.24, 2.45) is 0 Å². The second-order valence-electron chi connectivity index (χ2n) is 2.70. The number of hydrogen-bond acceptors (Lipinski definition) is 4. The Hall–Kier alpha value is -1.55. The van der Waals surface area contributed by atoms with Gasteiger partial charge in [-0.05, 0) is 12.7 Å². The van der Waals surface area contributed by atoms with Crippen LogP contribution in [0.15, 0.2) is 29.8 Å². The molecule has 14 heavy (non-hydrogen) atoms. The van der Waals surface area contributed by atoms with Crippen LogP contribution in [0, 0.1) is 0 Å². The third kappa shape index (κ3) is 1.44. The van der Waals surface area contributed by atoms with Crippen LogP contribution < -0.4 is 15.0 Å². The molecule has 0 bridgehead atoms. The lowest BCUT2D eigenvalue weighted by molar-refractivity contribution is -0.288. The van der Waals surface area contributed by atoms with Crippen molar-refractivity contribution in [1.82, 2.24) is 4.98 Å². The molecule has 0 atom stereocenters. The maximum absolute atomic E-state index is 11.3. The quantitative estimate of drug-likeness (QED) is 0.622. The Balaban J connectivity index is 2.79. The third-order valence-corrected chi connectivity index (χ3v) is 2.75. The normalized spacial score (nSPS) is 16.2. The Bertz CT molecular complexity index is 496. The van der Waals surface area contributed by atoms with E-state index < -0.39 is 0 Å². The number of methoxy groups -OCH3 is 1. The van der Waals surface area contributed by atoms with E-state index in [-0.39, 0.29) is 5.95 Å². The number of thiazole rings is 1. The summed E-state index contributed by atoms with van der Waals surface area (Å²) < 4.78 is 5.50. The topological polar surface area (TPSA) is 45.2 Å². The Labute approximate surface area is 85.0 Å². The third-order valence-electron chi connectivity index (χ3n) is 1.87. The molecule has 1 heterocycles. The van der Waals surface area contributed by atoms with Gasteiger partial charge in [-0.2, -0.15) is 0 Å². The zero-order chi connectivity index (χ0) is 9.97. The summed E-state index contributed by atoms with van der Waals surface area (Å²) in [7, 11) is 1.36. The summed E-state index contributed by atoms with van der Waals surface area (Å²) in [4.78, 5) is 3.99. The first-order chi connectivity index (χ1) is 6.83. The van der Waals surface area contributed by atoms with E-state index in [1.807, 2.05) is 24.3 Å². The van der Waals surface area contributed by atoms with Gasteiger partial charge in [-0.3, -0.25) is 0 Å². The highest BCUT2D eigenvalue weighted by molar-refractivity contribution is 7.07. The molecule has 3 nitrogen and oxygen atoms in total. The predicted molar refractivity (Wildman–Crippen MR) is 53.5 cm³/mol. The molecule has 0 spiro atoms. The van der Waals surface area contributed by atoms with Crippen LogP contribution in [0.4, 0.5) is 0 Å². The average Bonchev–Trinajstić information content (AvgIpc) is 2.85. The van der Waals surface area contributed by atoms with Gasteiger partial charge in [0, 0.05) is 0 Å². The van der Waals surface area contributed by atoms with Crippen molar-refractivity contribution in [2.75, 3.05) is 7.11 Å². The van der Waals surface area contributed by atoms with E-state index in [0.717, 1.165) is 10.1 Å². The van der Waals surface area contributed by atoms with Crippen LogP contribution >= 0.6 is 11.3 Å². The van der Waals surface area contributed by atoms with Crippen LogP contribution in [-0.2, 0) is 4.74 Å². The smallest absolute Gasteiger partial charge is 0.103 e. The minimum atomic E-state index is -0.387. The largest absolute Gasteiger partial charge is 0.615 e. The Morgan fingerprint density at radius 2 is 2.14 bits per heavy atom. The van der Waals surface area contributed by atoms with Gasteiger partial charge in [0.25, 0.3) is 0 Å². The minimum Gasteiger partial charge on any atom is -0.615 e. The number of aromatic nitrogens is 1. The fourth-order valence-corrected chi connectivity index (χ4v) is 2.00. The van der Waals surface area contributed by atoms with E-state index >= 15 is 0 Å². The molecular weight excluding hydrogens is 198 g/mol. The maximum Gasteiger partial charge on any atom is 0.103 e. The van der Waals surface area contributed by atoms with E-state index in [4.69, 9.17) is 0 Å². The van der Waals surface area contributed by atoms with E-state index in [9.17, 15) is 5.11 Å². The summed E-state index contributed by atoms with van der Waals surface area (Å²) in [5, 5.41) is 11.7. The number of hydrogen-bond donors (Lipinski definition) is 0. The lowest BCUT2D eigenvalue weighted by Crippen LogP contribution is -2.31. The fourth-order valence-electron chi connectivity index (χ4n) is 1.22. The summed E-state index contributed by atoms with van der Waals surface area (Å²) in [6.45, 7) is 0. The van der Waals surface area contributed by atoms with Gasteiger partial charge in [0.15, 0.2) is 0 Å².